The summed E-state index contributed by atoms with van der Waals surface area (Å²) >= 11 is 0. The molecule has 0 fully saturated rings. The van der Waals surface area contributed by atoms with E-state index in [2.05, 4.69) is 19.2 Å². The van der Waals surface area contributed by atoms with E-state index in [1.807, 2.05) is 30.3 Å². The summed E-state index contributed by atoms with van der Waals surface area (Å²) in [7, 11) is 1.67. The topological polar surface area (TPSA) is 43.6 Å². The summed E-state index contributed by atoms with van der Waals surface area (Å²) in [5, 5.41) is 3.35. The van der Waals surface area contributed by atoms with Crippen LogP contribution in [-0.4, -0.2) is 13.7 Å². The van der Waals surface area contributed by atoms with Gasteiger partial charge >= 0.3 is 0 Å². The van der Waals surface area contributed by atoms with Gasteiger partial charge in [-0.25, -0.2) is 0 Å². The Bertz CT molecular complexity index is 549. The summed E-state index contributed by atoms with van der Waals surface area (Å²) in [5.74, 6) is 3.14. The first-order valence-electron chi connectivity index (χ1n) is 7.72. The van der Waals surface area contributed by atoms with Gasteiger partial charge in [0, 0.05) is 6.54 Å². The molecule has 0 aliphatic heterocycles. The molecule has 0 amide bonds. The van der Waals surface area contributed by atoms with E-state index < -0.39 is 0 Å². The third-order valence-corrected chi connectivity index (χ3v) is 3.39. The molecule has 1 N–H and O–H groups in total. The quantitative estimate of drug-likeness (QED) is 0.760. The minimum atomic E-state index is 0.629. The SMILES string of the molecule is COc1ccc(CNCc2ccco2)cc1OCCC(C)C. The van der Waals surface area contributed by atoms with E-state index in [0.29, 0.717) is 19.1 Å². The fourth-order valence-corrected chi connectivity index (χ4v) is 2.09. The first-order chi connectivity index (χ1) is 10.7. The third-order valence-electron chi connectivity index (χ3n) is 3.39. The summed E-state index contributed by atoms with van der Waals surface area (Å²) in [6.07, 6.45) is 2.72. The van der Waals surface area contributed by atoms with Crippen LogP contribution in [0.2, 0.25) is 0 Å². The maximum atomic E-state index is 5.86. The Kier molecular flexibility index (Phi) is 6.34. The van der Waals surface area contributed by atoms with Crippen molar-refractivity contribution in [2.24, 2.45) is 5.92 Å². The molecule has 0 saturated carbocycles. The lowest BCUT2D eigenvalue weighted by Gasteiger charge is -2.13. The summed E-state index contributed by atoms with van der Waals surface area (Å²) in [6, 6.07) is 9.89. The monoisotopic (exact) mass is 303 g/mol. The lowest BCUT2D eigenvalue weighted by Crippen LogP contribution is -2.12. The average Bonchev–Trinajstić information content (AvgIpc) is 3.00. The van der Waals surface area contributed by atoms with E-state index in [0.717, 1.165) is 35.8 Å². The molecule has 1 heterocycles. The Hall–Kier alpha value is -1.94. The second-order valence-electron chi connectivity index (χ2n) is 5.70. The summed E-state index contributed by atoms with van der Waals surface area (Å²) < 4.78 is 16.5. The molecule has 4 nitrogen and oxygen atoms in total. The highest BCUT2D eigenvalue weighted by Crippen LogP contribution is 2.28. The highest BCUT2D eigenvalue weighted by molar-refractivity contribution is 5.42. The van der Waals surface area contributed by atoms with Crippen LogP contribution < -0.4 is 14.8 Å². The molecule has 2 rings (SSSR count). The fraction of sp³-hybridized carbons (Fsp3) is 0.444. The van der Waals surface area contributed by atoms with Crippen LogP contribution in [0, 0.1) is 5.92 Å². The van der Waals surface area contributed by atoms with Gasteiger partial charge in [0.2, 0.25) is 0 Å². The first kappa shape index (κ1) is 16.4. The lowest BCUT2D eigenvalue weighted by atomic mass is 10.1. The molecule has 1 aromatic carbocycles. The van der Waals surface area contributed by atoms with E-state index in [4.69, 9.17) is 13.9 Å². The highest BCUT2D eigenvalue weighted by atomic mass is 16.5. The van der Waals surface area contributed by atoms with Gasteiger partial charge < -0.3 is 19.2 Å². The number of benzene rings is 1. The molecular formula is C18H25NO3. The molecule has 0 saturated heterocycles. The normalized spacial score (nSPS) is 10.9. The predicted molar refractivity (Wildman–Crippen MR) is 87.2 cm³/mol. The van der Waals surface area contributed by atoms with Gasteiger partial charge in [-0.3, -0.25) is 0 Å². The van der Waals surface area contributed by atoms with Crippen molar-refractivity contribution in [3.63, 3.8) is 0 Å². The van der Waals surface area contributed by atoms with Gasteiger partial charge in [-0.05, 0) is 42.2 Å². The van der Waals surface area contributed by atoms with Crippen LogP contribution in [0.3, 0.4) is 0 Å². The van der Waals surface area contributed by atoms with Crippen molar-refractivity contribution in [2.45, 2.75) is 33.4 Å². The van der Waals surface area contributed by atoms with Gasteiger partial charge in [-0.15, -0.1) is 0 Å². The van der Waals surface area contributed by atoms with Crippen LogP contribution >= 0.6 is 0 Å². The van der Waals surface area contributed by atoms with Crippen molar-refractivity contribution in [2.75, 3.05) is 13.7 Å². The molecule has 0 radical (unpaired) electrons. The van der Waals surface area contributed by atoms with E-state index in [-0.39, 0.29) is 0 Å². The number of hydrogen-bond acceptors (Lipinski definition) is 4. The Morgan fingerprint density at radius 1 is 1.14 bits per heavy atom. The minimum absolute atomic E-state index is 0.629. The van der Waals surface area contributed by atoms with Crippen molar-refractivity contribution in [3.05, 3.63) is 47.9 Å². The van der Waals surface area contributed by atoms with Crippen LogP contribution in [0.1, 0.15) is 31.6 Å². The first-order valence-corrected chi connectivity index (χ1v) is 7.72. The third kappa shape index (κ3) is 5.11. The zero-order valence-corrected chi connectivity index (χ0v) is 13.6. The van der Waals surface area contributed by atoms with Gasteiger partial charge in [-0.1, -0.05) is 19.9 Å². The Labute approximate surface area is 132 Å². The second kappa shape index (κ2) is 8.49. The number of methoxy groups -OCH3 is 1. The van der Waals surface area contributed by atoms with E-state index in [1.165, 1.54) is 0 Å². The maximum absolute atomic E-state index is 5.86. The van der Waals surface area contributed by atoms with Crippen molar-refractivity contribution < 1.29 is 13.9 Å². The van der Waals surface area contributed by atoms with Crippen LogP contribution in [0.4, 0.5) is 0 Å². The van der Waals surface area contributed by atoms with E-state index in [9.17, 15) is 0 Å². The van der Waals surface area contributed by atoms with Gasteiger partial charge in [0.25, 0.3) is 0 Å². The molecule has 0 spiro atoms. The van der Waals surface area contributed by atoms with Crippen molar-refractivity contribution in [1.29, 1.82) is 0 Å². The molecular weight excluding hydrogens is 278 g/mol. The summed E-state index contributed by atoms with van der Waals surface area (Å²) in [5.41, 5.74) is 1.16. The fourth-order valence-electron chi connectivity index (χ4n) is 2.09. The number of nitrogens with one attached hydrogen (secondary N) is 1. The maximum Gasteiger partial charge on any atom is 0.161 e. The molecule has 2 aromatic rings. The lowest BCUT2D eigenvalue weighted by molar-refractivity contribution is 0.272. The molecule has 0 aliphatic carbocycles. The largest absolute Gasteiger partial charge is 0.493 e. The number of ether oxygens (including phenoxy) is 2. The zero-order valence-electron chi connectivity index (χ0n) is 13.6. The molecule has 0 atom stereocenters. The molecule has 1 aromatic heterocycles. The van der Waals surface area contributed by atoms with Crippen LogP contribution in [0.5, 0.6) is 11.5 Å². The van der Waals surface area contributed by atoms with Gasteiger partial charge in [0.1, 0.15) is 5.76 Å². The molecule has 0 bridgehead atoms. The van der Waals surface area contributed by atoms with E-state index in [1.54, 1.807) is 13.4 Å². The van der Waals surface area contributed by atoms with E-state index >= 15 is 0 Å². The number of furan rings is 1. The molecule has 0 aliphatic rings. The van der Waals surface area contributed by atoms with Crippen LogP contribution in [-0.2, 0) is 13.1 Å². The summed E-state index contributed by atoms with van der Waals surface area (Å²) in [4.78, 5) is 0. The van der Waals surface area contributed by atoms with Crippen molar-refractivity contribution in [1.82, 2.24) is 5.32 Å². The average molecular weight is 303 g/mol. The molecule has 22 heavy (non-hydrogen) atoms. The standard InChI is InChI=1S/C18H25NO3/c1-14(2)8-10-22-18-11-15(6-7-17(18)20-3)12-19-13-16-5-4-9-21-16/h4-7,9,11,14,19H,8,10,12-13H2,1-3H3. The number of rotatable bonds is 9. The van der Waals surface area contributed by atoms with Crippen molar-refractivity contribution >= 4 is 0 Å². The Morgan fingerprint density at radius 3 is 2.68 bits per heavy atom. The highest BCUT2D eigenvalue weighted by Gasteiger charge is 2.07. The van der Waals surface area contributed by atoms with Crippen LogP contribution in [0.25, 0.3) is 0 Å². The zero-order chi connectivity index (χ0) is 15.8. The Morgan fingerprint density at radius 2 is 2.00 bits per heavy atom. The van der Waals surface area contributed by atoms with Gasteiger partial charge in [0.15, 0.2) is 11.5 Å². The van der Waals surface area contributed by atoms with Gasteiger partial charge in [-0.2, -0.15) is 0 Å². The minimum Gasteiger partial charge on any atom is -0.493 e. The predicted octanol–water partition coefficient (Wildman–Crippen LogP) is 4.00. The smallest absolute Gasteiger partial charge is 0.161 e. The molecule has 0 unspecified atom stereocenters. The second-order valence-corrected chi connectivity index (χ2v) is 5.70. The Balaban J connectivity index is 1.90. The molecule has 120 valence electrons. The molecule has 4 heteroatoms. The summed E-state index contributed by atoms with van der Waals surface area (Å²) in [6.45, 7) is 6.55. The number of hydrogen-bond donors (Lipinski definition) is 1. The van der Waals surface area contributed by atoms with Crippen LogP contribution in [0.15, 0.2) is 41.0 Å². The van der Waals surface area contributed by atoms with Crippen molar-refractivity contribution in [3.8, 4) is 11.5 Å². The van der Waals surface area contributed by atoms with Gasteiger partial charge in [0.05, 0.1) is 26.5 Å².